The Hall–Kier alpha value is -2.41. The summed E-state index contributed by atoms with van der Waals surface area (Å²) in [6.07, 6.45) is 0. The molecule has 2 rings (SSSR count). The Morgan fingerprint density at radius 2 is 1.96 bits per heavy atom. The summed E-state index contributed by atoms with van der Waals surface area (Å²) < 4.78 is 4.80. The lowest BCUT2D eigenvalue weighted by molar-refractivity contribution is -0.145. The molecule has 0 radical (unpaired) electrons. The molecule has 1 aliphatic rings. The highest BCUT2D eigenvalue weighted by molar-refractivity contribution is 6.01. The second-order valence-corrected chi connectivity index (χ2v) is 6.18. The number of nitrogens with zero attached hydrogens (tertiary/aromatic N) is 3. The van der Waals surface area contributed by atoms with E-state index in [0.717, 1.165) is 5.56 Å². The number of esters is 1. The molecule has 1 aromatic carbocycles. The highest BCUT2D eigenvalue weighted by Crippen LogP contribution is 2.14. The Bertz CT molecular complexity index is 620. The molecule has 1 saturated heterocycles. The van der Waals surface area contributed by atoms with Gasteiger partial charge >= 0.3 is 12.0 Å². The summed E-state index contributed by atoms with van der Waals surface area (Å²) in [5.74, 6) is -0.811. The maximum atomic E-state index is 12.3. The number of urea groups is 1. The molecule has 0 aliphatic carbocycles. The van der Waals surface area contributed by atoms with Crippen LogP contribution in [0.1, 0.15) is 19.4 Å². The summed E-state index contributed by atoms with van der Waals surface area (Å²) in [4.78, 5) is 40.7. The van der Waals surface area contributed by atoms with E-state index in [2.05, 4.69) is 0 Å². The zero-order chi connectivity index (χ0) is 18.4. The van der Waals surface area contributed by atoms with E-state index < -0.39 is 0 Å². The number of carbonyl (C=O) groups excluding carboxylic acids is 3. The van der Waals surface area contributed by atoms with Crippen molar-refractivity contribution in [1.29, 1.82) is 0 Å². The second-order valence-electron chi connectivity index (χ2n) is 6.18. The fourth-order valence-corrected chi connectivity index (χ4v) is 2.93. The number of methoxy groups -OCH3 is 1. The average Bonchev–Trinajstić information content (AvgIpc) is 2.87. The third kappa shape index (κ3) is 4.79. The van der Waals surface area contributed by atoms with E-state index in [1.807, 2.05) is 35.2 Å². The first-order valence-corrected chi connectivity index (χ1v) is 8.39. The molecule has 7 heteroatoms. The Kier molecular flexibility index (Phi) is 6.52. The number of amides is 3. The molecule has 0 unspecified atom stereocenters. The van der Waals surface area contributed by atoms with Crippen molar-refractivity contribution in [2.24, 2.45) is 5.92 Å². The van der Waals surface area contributed by atoms with Crippen molar-refractivity contribution in [3.63, 3.8) is 0 Å². The number of rotatable bonds is 8. The third-order valence-electron chi connectivity index (χ3n) is 4.20. The largest absolute Gasteiger partial charge is 0.469 e. The standard InChI is InChI=1S/C18H25N3O4/c1-4-21-16(22)12-20(18(21)24)13-19(10-14(2)17(23)25-3)11-15-8-6-5-7-9-15/h5-9,14H,4,10-13H2,1-3H3/t14-/m0/s1. The molecular weight excluding hydrogens is 322 g/mol. The molecule has 0 N–H and O–H groups in total. The molecule has 1 aromatic rings. The van der Waals surface area contributed by atoms with Crippen LogP contribution in [0.4, 0.5) is 4.79 Å². The van der Waals surface area contributed by atoms with Gasteiger partial charge in [0.05, 0.1) is 19.7 Å². The van der Waals surface area contributed by atoms with Gasteiger partial charge in [-0.2, -0.15) is 0 Å². The van der Waals surface area contributed by atoms with Crippen molar-refractivity contribution in [1.82, 2.24) is 14.7 Å². The lowest BCUT2D eigenvalue weighted by Crippen LogP contribution is -2.43. The van der Waals surface area contributed by atoms with Crippen LogP contribution >= 0.6 is 0 Å². The zero-order valence-corrected chi connectivity index (χ0v) is 15.0. The molecular formula is C18H25N3O4. The number of ether oxygens (including phenoxy) is 1. The Labute approximate surface area is 148 Å². The van der Waals surface area contributed by atoms with Crippen molar-refractivity contribution in [3.05, 3.63) is 35.9 Å². The van der Waals surface area contributed by atoms with Gasteiger partial charge in [-0.15, -0.1) is 0 Å². The van der Waals surface area contributed by atoms with Crippen LogP contribution in [-0.4, -0.2) is 66.0 Å². The molecule has 7 nitrogen and oxygen atoms in total. The number of likely N-dealkylation sites (N-methyl/N-ethyl adjacent to an activating group) is 1. The topological polar surface area (TPSA) is 70.2 Å². The highest BCUT2D eigenvalue weighted by Gasteiger charge is 2.35. The first kappa shape index (κ1) is 18.9. The summed E-state index contributed by atoms with van der Waals surface area (Å²) in [6.45, 7) is 5.31. The van der Waals surface area contributed by atoms with Crippen LogP contribution < -0.4 is 0 Å². The van der Waals surface area contributed by atoms with E-state index in [4.69, 9.17) is 4.74 Å². The van der Waals surface area contributed by atoms with Crippen LogP contribution in [0.25, 0.3) is 0 Å². The lowest BCUT2D eigenvalue weighted by atomic mass is 10.1. The fourth-order valence-electron chi connectivity index (χ4n) is 2.93. The molecule has 1 atom stereocenters. The van der Waals surface area contributed by atoms with E-state index >= 15 is 0 Å². The summed E-state index contributed by atoms with van der Waals surface area (Å²) in [5.41, 5.74) is 1.07. The van der Waals surface area contributed by atoms with Crippen LogP contribution in [0.2, 0.25) is 0 Å². The van der Waals surface area contributed by atoms with Crippen LogP contribution in [0.5, 0.6) is 0 Å². The van der Waals surface area contributed by atoms with Gasteiger partial charge in [-0.25, -0.2) is 4.79 Å². The van der Waals surface area contributed by atoms with Crippen molar-refractivity contribution in [3.8, 4) is 0 Å². The van der Waals surface area contributed by atoms with Gasteiger partial charge in [-0.1, -0.05) is 37.3 Å². The monoisotopic (exact) mass is 347 g/mol. The summed E-state index contributed by atoms with van der Waals surface area (Å²) in [6, 6.07) is 9.53. The molecule has 0 saturated carbocycles. The Morgan fingerprint density at radius 1 is 1.28 bits per heavy atom. The van der Waals surface area contributed by atoms with Gasteiger partial charge in [0.25, 0.3) is 0 Å². The van der Waals surface area contributed by atoms with Crippen molar-refractivity contribution >= 4 is 17.9 Å². The first-order chi connectivity index (χ1) is 12.0. The van der Waals surface area contributed by atoms with Gasteiger partial charge < -0.3 is 9.64 Å². The van der Waals surface area contributed by atoms with E-state index in [0.29, 0.717) is 19.6 Å². The van der Waals surface area contributed by atoms with Gasteiger partial charge in [0, 0.05) is 19.6 Å². The number of imide groups is 1. The fraction of sp³-hybridized carbons (Fsp3) is 0.500. The molecule has 1 fully saturated rings. The van der Waals surface area contributed by atoms with Gasteiger partial charge in [-0.3, -0.25) is 19.4 Å². The molecule has 3 amide bonds. The molecule has 1 heterocycles. The molecule has 0 spiro atoms. The first-order valence-electron chi connectivity index (χ1n) is 8.39. The predicted molar refractivity (Wildman–Crippen MR) is 92.4 cm³/mol. The lowest BCUT2D eigenvalue weighted by Gasteiger charge is -2.29. The third-order valence-corrected chi connectivity index (χ3v) is 4.20. The van der Waals surface area contributed by atoms with Crippen LogP contribution in [0.3, 0.4) is 0 Å². The SMILES string of the molecule is CCN1C(=O)CN(CN(Cc2ccccc2)C[C@H](C)C(=O)OC)C1=O. The summed E-state index contributed by atoms with van der Waals surface area (Å²) in [7, 11) is 1.36. The van der Waals surface area contributed by atoms with E-state index in [1.165, 1.54) is 16.9 Å². The normalized spacial score (nSPS) is 15.8. The zero-order valence-electron chi connectivity index (χ0n) is 15.0. The van der Waals surface area contributed by atoms with Gasteiger partial charge in [0.2, 0.25) is 5.91 Å². The molecule has 1 aliphatic heterocycles. The van der Waals surface area contributed by atoms with Crippen molar-refractivity contribution in [2.45, 2.75) is 20.4 Å². The summed E-state index contributed by atoms with van der Waals surface area (Å²) in [5, 5.41) is 0. The summed E-state index contributed by atoms with van der Waals surface area (Å²) >= 11 is 0. The van der Waals surface area contributed by atoms with Gasteiger partial charge in [-0.05, 0) is 12.5 Å². The van der Waals surface area contributed by atoms with Crippen molar-refractivity contribution in [2.75, 3.05) is 33.4 Å². The Balaban J connectivity index is 2.09. The van der Waals surface area contributed by atoms with Crippen LogP contribution in [-0.2, 0) is 20.9 Å². The number of benzene rings is 1. The maximum absolute atomic E-state index is 12.3. The van der Waals surface area contributed by atoms with E-state index in [1.54, 1.807) is 13.8 Å². The molecule has 25 heavy (non-hydrogen) atoms. The maximum Gasteiger partial charge on any atom is 0.328 e. The van der Waals surface area contributed by atoms with Gasteiger partial charge in [0.1, 0.15) is 6.54 Å². The molecule has 0 bridgehead atoms. The minimum atomic E-state index is -0.329. The van der Waals surface area contributed by atoms with E-state index in [-0.39, 0.29) is 37.0 Å². The Morgan fingerprint density at radius 3 is 2.52 bits per heavy atom. The molecule has 136 valence electrons. The predicted octanol–water partition coefficient (Wildman–Crippen LogP) is 1.54. The number of carbonyl (C=O) groups is 3. The molecule has 0 aromatic heterocycles. The smallest absolute Gasteiger partial charge is 0.328 e. The quantitative estimate of drug-likeness (QED) is 0.527. The van der Waals surface area contributed by atoms with Crippen LogP contribution in [0, 0.1) is 5.92 Å². The van der Waals surface area contributed by atoms with Crippen molar-refractivity contribution < 1.29 is 19.1 Å². The minimum absolute atomic E-state index is 0.0740. The second kappa shape index (κ2) is 8.62. The minimum Gasteiger partial charge on any atom is -0.469 e. The van der Waals surface area contributed by atoms with E-state index in [9.17, 15) is 14.4 Å². The highest BCUT2D eigenvalue weighted by atomic mass is 16.5. The number of hydrogen-bond acceptors (Lipinski definition) is 5. The van der Waals surface area contributed by atoms with Crippen LogP contribution in [0.15, 0.2) is 30.3 Å². The number of hydrogen-bond donors (Lipinski definition) is 0. The van der Waals surface area contributed by atoms with Gasteiger partial charge in [0.15, 0.2) is 0 Å². The average molecular weight is 347 g/mol.